The predicted octanol–water partition coefficient (Wildman–Crippen LogP) is 5.00. The number of nitrogens with zero attached hydrogens (tertiary/aromatic N) is 2. The number of fused-ring (bicyclic) bond motifs is 1. The van der Waals surface area contributed by atoms with Crippen molar-refractivity contribution in [2.45, 2.75) is 25.8 Å². The summed E-state index contributed by atoms with van der Waals surface area (Å²) >= 11 is 7.43. The smallest absolute Gasteiger partial charge is 0.244 e. The standard InChI is InChI=1S/C23H24ClN3O2S/c1-14-9-16(3)23-17(10-14)15(2)11-21(26-23)30-13-22(29)27(4)12-20(28)25-19-8-6-5-7-18(19)24/h5-11H,12-13H2,1-4H3,(H,25,28). The molecule has 1 aromatic heterocycles. The van der Waals surface area contributed by atoms with Gasteiger partial charge in [-0.3, -0.25) is 9.59 Å². The number of nitrogens with one attached hydrogen (secondary N) is 1. The number of aryl methyl sites for hydroxylation is 3. The zero-order valence-electron chi connectivity index (χ0n) is 17.5. The maximum Gasteiger partial charge on any atom is 0.244 e. The Labute approximate surface area is 185 Å². The van der Waals surface area contributed by atoms with Crippen LogP contribution in [-0.4, -0.2) is 41.0 Å². The third-order valence-corrected chi connectivity index (χ3v) is 5.96. The van der Waals surface area contributed by atoms with Crippen molar-refractivity contribution in [1.82, 2.24) is 9.88 Å². The molecule has 156 valence electrons. The molecule has 0 radical (unpaired) electrons. The number of amides is 2. The summed E-state index contributed by atoms with van der Waals surface area (Å²) in [5, 5.41) is 5.12. The molecule has 2 amide bonds. The van der Waals surface area contributed by atoms with Crippen molar-refractivity contribution < 1.29 is 9.59 Å². The Morgan fingerprint density at radius 1 is 1.10 bits per heavy atom. The van der Waals surface area contributed by atoms with Crippen LogP contribution >= 0.6 is 23.4 Å². The summed E-state index contributed by atoms with van der Waals surface area (Å²) in [7, 11) is 1.61. The molecule has 2 aromatic carbocycles. The van der Waals surface area contributed by atoms with Crippen LogP contribution in [0.15, 0.2) is 47.5 Å². The van der Waals surface area contributed by atoms with E-state index in [1.807, 2.05) is 13.0 Å². The largest absolute Gasteiger partial charge is 0.336 e. The highest BCUT2D eigenvalue weighted by Gasteiger charge is 2.15. The van der Waals surface area contributed by atoms with Gasteiger partial charge < -0.3 is 10.2 Å². The van der Waals surface area contributed by atoms with Crippen molar-refractivity contribution in [3.8, 4) is 0 Å². The summed E-state index contributed by atoms with van der Waals surface area (Å²) in [5.41, 5.74) is 4.95. The number of para-hydroxylation sites is 1. The molecule has 0 aliphatic heterocycles. The van der Waals surface area contributed by atoms with Crippen LogP contribution in [-0.2, 0) is 9.59 Å². The van der Waals surface area contributed by atoms with E-state index in [4.69, 9.17) is 16.6 Å². The number of hydrogen-bond acceptors (Lipinski definition) is 4. The topological polar surface area (TPSA) is 62.3 Å². The van der Waals surface area contributed by atoms with Crippen LogP contribution in [0, 0.1) is 20.8 Å². The minimum Gasteiger partial charge on any atom is -0.336 e. The molecule has 30 heavy (non-hydrogen) atoms. The first kappa shape index (κ1) is 22.1. The molecule has 0 saturated heterocycles. The van der Waals surface area contributed by atoms with E-state index >= 15 is 0 Å². The number of benzene rings is 2. The first-order valence-corrected chi connectivity index (χ1v) is 10.9. The highest BCUT2D eigenvalue weighted by molar-refractivity contribution is 7.99. The van der Waals surface area contributed by atoms with Crippen molar-refractivity contribution in [3.63, 3.8) is 0 Å². The number of anilines is 1. The second-order valence-corrected chi connectivity index (χ2v) is 8.72. The second-order valence-electron chi connectivity index (χ2n) is 7.32. The van der Waals surface area contributed by atoms with E-state index in [-0.39, 0.29) is 24.1 Å². The third kappa shape index (κ3) is 5.32. The Bertz CT molecular complexity index is 1120. The SMILES string of the molecule is Cc1cc(C)c2nc(SCC(=O)N(C)CC(=O)Nc3ccccc3Cl)cc(C)c2c1. The van der Waals surface area contributed by atoms with Crippen LogP contribution in [0.1, 0.15) is 16.7 Å². The third-order valence-electron chi connectivity index (χ3n) is 4.73. The first-order chi connectivity index (χ1) is 14.2. The van der Waals surface area contributed by atoms with Gasteiger partial charge in [0.25, 0.3) is 0 Å². The van der Waals surface area contributed by atoms with Gasteiger partial charge in [-0.25, -0.2) is 4.98 Å². The number of aromatic nitrogens is 1. The van der Waals surface area contributed by atoms with E-state index < -0.39 is 0 Å². The van der Waals surface area contributed by atoms with Crippen LogP contribution in [0.2, 0.25) is 5.02 Å². The van der Waals surface area contributed by atoms with Crippen molar-refractivity contribution in [3.05, 3.63) is 64.2 Å². The van der Waals surface area contributed by atoms with E-state index in [1.54, 1.807) is 31.3 Å². The number of thioether (sulfide) groups is 1. The lowest BCUT2D eigenvalue weighted by Gasteiger charge is -2.17. The number of hydrogen-bond donors (Lipinski definition) is 1. The molecular weight excluding hydrogens is 418 g/mol. The quantitative estimate of drug-likeness (QED) is 0.546. The summed E-state index contributed by atoms with van der Waals surface area (Å²) in [6.45, 7) is 6.13. The lowest BCUT2D eigenvalue weighted by atomic mass is 10.0. The Hall–Kier alpha value is -2.57. The molecule has 0 aliphatic carbocycles. The molecule has 0 bridgehead atoms. The average molecular weight is 442 g/mol. The molecule has 0 aliphatic rings. The molecule has 3 rings (SSSR count). The molecule has 1 heterocycles. The van der Waals surface area contributed by atoms with Crippen LogP contribution in [0.5, 0.6) is 0 Å². The average Bonchev–Trinajstić information content (AvgIpc) is 2.68. The van der Waals surface area contributed by atoms with Gasteiger partial charge in [-0.1, -0.05) is 47.1 Å². The minimum absolute atomic E-state index is 0.0484. The Morgan fingerprint density at radius 2 is 1.83 bits per heavy atom. The fourth-order valence-electron chi connectivity index (χ4n) is 3.19. The van der Waals surface area contributed by atoms with E-state index in [9.17, 15) is 9.59 Å². The number of pyridine rings is 1. The molecule has 1 N–H and O–H groups in total. The maximum atomic E-state index is 12.5. The van der Waals surface area contributed by atoms with Crippen LogP contribution in [0.25, 0.3) is 10.9 Å². The number of rotatable bonds is 6. The predicted molar refractivity (Wildman–Crippen MR) is 124 cm³/mol. The van der Waals surface area contributed by atoms with Crippen molar-refractivity contribution in [1.29, 1.82) is 0 Å². The number of carbonyl (C=O) groups excluding carboxylic acids is 2. The molecule has 7 heteroatoms. The van der Waals surface area contributed by atoms with Gasteiger partial charge in [-0.05, 0) is 56.2 Å². The molecule has 5 nitrogen and oxygen atoms in total. The van der Waals surface area contributed by atoms with Gasteiger partial charge in [-0.15, -0.1) is 0 Å². The second kappa shape index (κ2) is 9.49. The van der Waals surface area contributed by atoms with Gasteiger partial charge in [-0.2, -0.15) is 0 Å². The van der Waals surface area contributed by atoms with Gasteiger partial charge in [0.2, 0.25) is 11.8 Å². The fraction of sp³-hybridized carbons (Fsp3) is 0.261. The number of carbonyl (C=O) groups is 2. The highest BCUT2D eigenvalue weighted by atomic mass is 35.5. The normalized spacial score (nSPS) is 10.8. The zero-order valence-corrected chi connectivity index (χ0v) is 19.0. The number of halogens is 1. The monoisotopic (exact) mass is 441 g/mol. The molecule has 0 unspecified atom stereocenters. The van der Waals surface area contributed by atoms with Gasteiger partial charge in [0.05, 0.1) is 33.6 Å². The Balaban J connectivity index is 1.61. The molecular formula is C23H24ClN3O2S. The minimum atomic E-state index is -0.297. The molecule has 3 aromatic rings. The van der Waals surface area contributed by atoms with Crippen molar-refractivity contribution >= 4 is 51.8 Å². The molecule has 0 atom stereocenters. The Morgan fingerprint density at radius 3 is 2.57 bits per heavy atom. The summed E-state index contributed by atoms with van der Waals surface area (Å²) in [6, 6.07) is 13.2. The lowest BCUT2D eigenvalue weighted by molar-refractivity contribution is -0.131. The zero-order chi connectivity index (χ0) is 21.8. The van der Waals surface area contributed by atoms with Crippen molar-refractivity contribution in [2.24, 2.45) is 0 Å². The van der Waals surface area contributed by atoms with Gasteiger partial charge in [0, 0.05) is 12.4 Å². The summed E-state index contributed by atoms with van der Waals surface area (Å²) < 4.78 is 0. The van der Waals surface area contributed by atoms with Crippen molar-refractivity contribution in [2.75, 3.05) is 24.7 Å². The lowest BCUT2D eigenvalue weighted by Crippen LogP contribution is -2.36. The molecule has 0 fully saturated rings. The molecule has 0 saturated carbocycles. The van der Waals surface area contributed by atoms with E-state index in [0.29, 0.717) is 10.7 Å². The fourth-order valence-corrected chi connectivity index (χ4v) is 4.28. The summed E-state index contributed by atoms with van der Waals surface area (Å²) in [5.74, 6) is -0.234. The van der Waals surface area contributed by atoms with E-state index in [0.717, 1.165) is 27.1 Å². The van der Waals surface area contributed by atoms with Gasteiger partial charge in [0.1, 0.15) is 0 Å². The van der Waals surface area contributed by atoms with Crippen LogP contribution < -0.4 is 5.32 Å². The van der Waals surface area contributed by atoms with E-state index in [2.05, 4.69) is 31.3 Å². The van der Waals surface area contributed by atoms with Gasteiger partial charge in [0.15, 0.2) is 0 Å². The summed E-state index contributed by atoms with van der Waals surface area (Å²) in [6.07, 6.45) is 0. The van der Waals surface area contributed by atoms with Crippen LogP contribution in [0.3, 0.4) is 0 Å². The molecule has 0 spiro atoms. The summed E-state index contributed by atoms with van der Waals surface area (Å²) in [4.78, 5) is 30.9. The van der Waals surface area contributed by atoms with E-state index in [1.165, 1.54) is 22.2 Å². The number of likely N-dealkylation sites (N-methyl/N-ethyl adjacent to an activating group) is 1. The Kier molecular flexibility index (Phi) is 7.00. The van der Waals surface area contributed by atoms with Crippen LogP contribution in [0.4, 0.5) is 5.69 Å². The highest BCUT2D eigenvalue weighted by Crippen LogP contribution is 2.27. The first-order valence-electron chi connectivity index (χ1n) is 9.54. The van der Waals surface area contributed by atoms with Gasteiger partial charge >= 0.3 is 0 Å². The maximum absolute atomic E-state index is 12.5.